The van der Waals surface area contributed by atoms with E-state index in [0.717, 1.165) is 38.3 Å². The summed E-state index contributed by atoms with van der Waals surface area (Å²) in [6.07, 6.45) is 1.12. The Balaban J connectivity index is 1.92. The Morgan fingerprint density at radius 3 is 2.55 bits per heavy atom. The molecule has 1 heterocycles. The van der Waals surface area contributed by atoms with Crippen LogP contribution >= 0.6 is 0 Å². The van der Waals surface area contributed by atoms with E-state index in [1.807, 2.05) is 38.1 Å². The second-order valence-corrected chi connectivity index (χ2v) is 5.72. The van der Waals surface area contributed by atoms with Gasteiger partial charge in [-0.3, -0.25) is 9.69 Å². The highest BCUT2D eigenvalue weighted by Crippen LogP contribution is 2.11. The maximum Gasteiger partial charge on any atom is 0.241 e. The molecule has 1 aliphatic rings. The number of nitrogens with zero attached hydrogens (tertiary/aromatic N) is 2. The Morgan fingerprint density at radius 2 is 1.85 bits per heavy atom. The fourth-order valence-electron chi connectivity index (χ4n) is 2.50. The Kier molecular flexibility index (Phi) is 5.15. The summed E-state index contributed by atoms with van der Waals surface area (Å²) in [4.78, 5) is 16.9. The molecule has 4 heteroatoms. The lowest BCUT2D eigenvalue weighted by Crippen LogP contribution is -2.43. The molecular weight excluding hydrogens is 250 g/mol. The van der Waals surface area contributed by atoms with E-state index in [1.165, 1.54) is 5.56 Å². The summed E-state index contributed by atoms with van der Waals surface area (Å²) in [5.41, 5.74) is 2.07. The average Bonchev–Trinajstić information content (AvgIpc) is 2.65. The Labute approximate surface area is 121 Å². The minimum Gasteiger partial charge on any atom is -0.325 e. The van der Waals surface area contributed by atoms with Crippen LogP contribution in [0.25, 0.3) is 0 Å². The van der Waals surface area contributed by atoms with Crippen molar-refractivity contribution in [3.8, 4) is 0 Å². The van der Waals surface area contributed by atoms with Crippen LogP contribution in [0.4, 0.5) is 5.69 Å². The predicted molar refractivity (Wildman–Crippen MR) is 83.0 cm³/mol. The van der Waals surface area contributed by atoms with Crippen molar-refractivity contribution in [2.75, 3.05) is 38.5 Å². The van der Waals surface area contributed by atoms with E-state index in [9.17, 15) is 4.79 Å². The molecule has 110 valence electrons. The Morgan fingerprint density at radius 1 is 1.15 bits per heavy atom. The maximum absolute atomic E-state index is 12.3. The van der Waals surface area contributed by atoms with Gasteiger partial charge in [-0.1, -0.05) is 17.7 Å². The van der Waals surface area contributed by atoms with Gasteiger partial charge in [0.15, 0.2) is 0 Å². The van der Waals surface area contributed by atoms with Crippen molar-refractivity contribution in [1.82, 2.24) is 9.80 Å². The summed E-state index contributed by atoms with van der Waals surface area (Å²) in [6, 6.07) is 7.86. The Hall–Kier alpha value is -1.39. The zero-order valence-corrected chi connectivity index (χ0v) is 12.7. The van der Waals surface area contributed by atoms with Crippen LogP contribution in [-0.2, 0) is 4.79 Å². The van der Waals surface area contributed by atoms with E-state index in [0.29, 0.717) is 0 Å². The first-order valence-corrected chi connectivity index (χ1v) is 7.36. The summed E-state index contributed by atoms with van der Waals surface area (Å²) in [5, 5.41) is 3.00. The number of hydrogen-bond acceptors (Lipinski definition) is 3. The molecule has 1 N–H and O–H groups in total. The van der Waals surface area contributed by atoms with Crippen LogP contribution in [0.15, 0.2) is 24.3 Å². The molecule has 0 aliphatic carbocycles. The number of hydrogen-bond donors (Lipinski definition) is 1. The van der Waals surface area contributed by atoms with Crippen LogP contribution in [0.3, 0.4) is 0 Å². The molecule has 1 aromatic rings. The number of carbonyl (C=O) groups excluding carboxylic acids is 1. The van der Waals surface area contributed by atoms with Crippen molar-refractivity contribution >= 4 is 11.6 Å². The fraction of sp³-hybridized carbons (Fsp3) is 0.562. The molecule has 0 unspecified atom stereocenters. The number of rotatable bonds is 3. The normalized spacial score (nSPS) is 19.4. The van der Waals surface area contributed by atoms with Gasteiger partial charge >= 0.3 is 0 Å². The quantitative estimate of drug-likeness (QED) is 0.916. The second kappa shape index (κ2) is 6.86. The number of likely N-dealkylation sites (N-methyl/N-ethyl adjacent to an activating group) is 1. The van der Waals surface area contributed by atoms with Gasteiger partial charge in [-0.2, -0.15) is 0 Å². The average molecular weight is 275 g/mol. The molecule has 1 saturated heterocycles. The van der Waals surface area contributed by atoms with E-state index in [2.05, 4.69) is 22.2 Å². The van der Waals surface area contributed by atoms with Gasteiger partial charge in [-0.25, -0.2) is 0 Å². The van der Waals surface area contributed by atoms with Gasteiger partial charge in [-0.15, -0.1) is 0 Å². The lowest BCUT2D eigenvalue weighted by molar-refractivity contribution is -0.120. The number of benzene rings is 1. The SMILES string of the molecule is Cc1ccc(NC(=O)[C@H](C)N2CCCN(C)CC2)cc1. The highest BCUT2D eigenvalue weighted by atomic mass is 16.2. The molecule has 1 aromatic carbocycles. The molecule has 4 nitrogen and oxygen atoms in total. The lowest BCUT2D eigenvalue weighted by Gasteiger charge is -2.26. The third-order valence-electron chi connectivity index (χ3n) is 4.00. The van der Waals surface area contributed by atoms with Crippen molar-refractivity contribution in [3.63, 3.8) is 0 Å². The first-order chi connectivity index (χ1) is 9.56. The van der Waals surface area contributed by atoms with Crippen LogP contribution in [0.2, 0.25) is 0 Å². The zero-order chi connectivity index (χ0) is 14.5. The smallest absolute Gasteiger partial charge is 0.241 e. The molecular formula is C16H25N3O. The van der Waals surface area contributed by atoms with Crippen LogP contribution in [-0.4, -0.2) is 55.0 Å². The van der Waals surface area contributed by atoms with Gasteiger partial charge in [0.25, 0.3) is 0 Å². The van der Waals surface area contributed by atoms with Crippen molar-refractivity contribution in [3.05, 3.63) is 29.8 Å². The number of carbonyl (C=O) groups is 1. The minimum absolute atomic E-state index is 0.0807. The third kappa shape index (κ3) is 4.05. The van der Waals surface area contributed by atoms with E-state index in [-0.39, 0.29) is 11.9 Å². The van der Waals surface area contributed by atoms with Gasteiger partial charge in [0.2, 0.25) is 5.91 Å². The van der Waals surface area contributed by atoms with Gasteiger partial charge in [0.05, 0.1) is 6.04 Å². The Bertz CT molecular complexity index is 444. The molecule has 0 spiro atoms. The van der Waals surface area contributed by atoms with Crippen LogP contribution < -0.4 is 5.32 Å². The number of amides is 1. The second-order valence-electron chi connectivity index (χ2n) is 5.72. The summed E-state index contributed by atoms with van der Waals surface area (Å²) in [5.74, 6) is 0.0819. The number of nitrogens with one attached hydrogen (secondary N) is 1. The van der Waals surface area contributed by atoms with Crippen LogP contribution in [0.1, 0.15) is 18.9 Å². The van der Waals surface area contributed by atoms with Gasteiger partial charge in [0.1, 0.15) is 0 Å². The summed E-state index contributed by atoms with van der Waals surface area (Å²) >= 11 is 0. The molecule has 2 rings (SSSR count). The lowest BCUT2D eigenvalue weighted by atomic mass is 10.2. The van der Waals surface area contributed by atoms with Gasteiger partial charge in [-0.05, 0) is 46.0 Å². The van der Waals surface area contributed by atoms with E-state index in [1.54, 1.807) is 0 Å². The van der Waals surface area contributed by atoms with Crippen molar-refractivity contribution in [1.29, 1.82) is 0 Å². The predicted octanol–water partition coefficient (Wildman–Crippen LogP) is 1.96. The summed E-state index contributed by atoms with van der Waals surface area (Å²) in [7, 11) is 2.14. The molecule has 0 saturated carbocycles. The highest BCUT2D eigenvalue weighted by molar-refractivity contribution is 5.94. The molecule has 1 amide bonds. The maximum atomic E-state index is 12.3. The van der Waals surface area contributed by atoms with Crippen molar-refractivity contribution < 1.29 is 4.79 Å². The highest BCUT2D eigenvalue weighted by Gasteiger charge is 2.23. The fourth-order valence-corrected chi connectivity index (χ4v) is 2.50. The van der Waals surface area contributed by atoms with Gasteiger partial charge in [0, 0.05) is 25.3 Å². The topological polar surface area (TPSA) is 35.6 Å². The van der Waals surface area contributed by atoms with Gasteiger partial charge < -0.3 is 10.2 Å². The van der Waals surface area contributed by atoms with Crippen LogP contribution in [0, 0.1) is 6.92 Å². The van der Waals surface area contributed by atoms with E-state index in [4.69, 9.17) is 0 Å². The zero-order valence-electron chi connectivity index (χ0n) is 12.7. The molecule has 20 heavy (non-hydrogen) atoms. The molecule has 0 aromatic heterocycles. The summed E-state index contributed by atoms with van der Waals surface area (Å²) in [6.45, 7) is 8.13. The summed E-state index contributed by atoms with van der Waals surface area (Å²) < 4.78 is 0. The largest absolute Gasteiger partial charge is 0.325 e. The molecule has 1 fully saturated rings. The van der Waals surface area contributed by atoms with E-state index < -0.39 is 0 Å². The minimum atomic E-state index is -0.0807. The molecule has 0 radical (unpaired) electrons. The molecule has 1 aliphatic heterocycles. The first-order valence-electron chi connectivity index (χ1n) is 7.36. The van der Waals surface area contributed by atoms with Crippen molar-refractivity contribution in [2.45, 2.75) is 26.3 Å². The van der Waals surface area contributed by atoms with E-state index >= 15 is 0 Å². The first kappa shape index (κ1) is 15.0. The third-order valence-corrected chi connectivity index (χ3v) is 4.00. The molecule has 1 atom stereocenters. The van der Waals surface area contributed by atoms with Crippen LogP contribution in [0.5, 0.6) is 0 Å². The van der Waals surface area contributed by atoms with Crippen molar-refractivity contribution in [2.24, 2.45) is 0 Å². The molecule has 0 bridgehead atoms. The number of aryl methyl sites for hydroxylation is 1. The monoisotopic (exact) mass is 275 g/mol. The standard InChI is InChI=1S/C16H25N3O/c1-13-5-7-15(8-6-13)17-16(20)14(2)19-10-4-9-18(3)11-12-19/h5-8,14H,4,9-12H2,1-3H3,(H,17,20)/t14-/m0/s1. The number of anilines is 1.